The lowest BCUT2D eigenvalue weighted by molar-refractivity contribution is -0.0498. The van der Waals surface area contributed by atoms with E-state index in [4.69, 9.17) is 0 Å². The van der Waals surface area contributed by atoms with Crippen LogP contribution >= 0.6 is 11.3 Å². The average Bonchev–Trinajstić information content (AvgIpc) is 3.16. The van der Waals surface area contributed by atoms with E-state index < -0.39 is 6.61 Å². The monoisotopic (exact) mass is 394 g/mol. The average molecular weight is 394 g/mol. The number of alkyl halides is 2. The number of amides is 1. The Bertz CT molecular complexity index is 741. The van der Waals surface area contributed by atoms with Gasteiger partial charge in [0.15, 0.2) is 0 Å². The van der Waals surface area contributed by atoms with E-state index in [9.17, 15) is 13.6 Å². The summed E-state index contributed by atoms with van der Waals surface area (Å²) in [6, 6.07) is 10.2. The first-order chi connectivity index (χ1) is 13.1. The summed E-state index contributed by atoms with van der Waals surface area (Å²) in [5.74, 6) is 0.842. The van der Waals surface area contributed by atoms with Gasteiger partial charge in [-0.1, -0.05) is 6.92 Å². The molecular weight excluding hydrogens is 370 g/mol. The molecule has 0 aliphatic carbocycles. The van der Waals surface area contributed by atoms with Gasteiger partial charge in [0.25, 0.3) is 5.91 Å². The van der Waals surface area contributed by atoms with Gasteiger partial charge in [-0.2, -0.15) is 8.78 Å². The molecule has 0 unspecified atom stereocenters. The van der Waals surface area contributed by atoms with Gasteiger partial charge in [-0.3, -0.25) is 4.79 Å². The van der Waals surface area contributed by atoms with Crippen molar-refractivity contribution in [3.63, 3.8) is 0 Å². The van der Waals surface area contributed by atoms with Crippen LogP contribution in [0.5, 0.6) is 5.75 Å². The number of halogens is 2. The zero-order valence-electron chi connectivity index (χ0n) is 15.3. The first-order valence-corrected chi connectivity index (χ1v) is 10.0. The van der Waals surface area contributed by atoms with E-state index >= 15 is 0 Å². The molecular formula is C20H24F2N2O2S. The molecule has 1 aromatic carbocycles. The van der Waals surface area contributed by atoms with E-state index in [0.717, 1.165) is 49.5 Å². The van der Waals surface area contributed by atoms with Crippen molar-refractivity contribution in [3.8, 4) is 16.2 Å². The van der Waals surface area contributed by atoms with Gasteiger partial charge >= 0.3 is 6.61 Å². The fourth-order valence-electron chi connectivity index (χ4n) is 3.25. The number of thiophene rings is 1. The maximum atomic E-state index is 12.8. The molecule has 27 heavy (non-hydrogen) atoms. The highest BCUT2D eigenvalue weighted by molar-refractivity contribution is 7.17. The Kier molecular flexibility index (Phi) is 6.79. The Morgan fingerprint density at radius 1 is 1.22 bits per heavy atom. The third-order valence-electron chi connectivity index (χ3n) is 4.77. The van der Waals surface area contributed by atoms with Crippen LogP contribution in [0.15, 0.2) is 36.4 Å². The van der Waals surface area contributed by atoms with Crippen molar-refractivity contribution in [1.82, 2.24) is 10.2 Å². The second-order valence-corrected chi connectivity index (χ2v) is 7.69. The van der Waals surface area contributed by atoms with Crippen molar-refractivity contribution in [1.29, 1.82) is 0 Å². The van der Waals surface area contributed by atoms with Crippen LogP contribution in [-0.2, 0) is 0 Å². The lowest BCUT2D eigenvalue weighted by Crippen LogP contribution is -2.40. The summed E-state index contributed by atoms with van der Waals surface area (Å²) < 4.78 is 28.8. The maximum absolute atomic E-state index is 12.8. The minimum atomic E-state index is -2.83. The van der Waals surface area contributed by atoms with Gasteiger partial charge < -0.3 is 15.0 Å². The highest BCUT2D eigenvalue weighted by Gasteiger charge is 2.24. The molecule has 2 aromatic rings. The van der Waals surface area contributed by atoms with E-state index in [1.165, 1.54) is 23.5 Å². The molecule has 1 aliphatic heterocycles. The zero-order chi connectivity index (χ0) is 19.2. The number of ether oxygens (including phenoxy) is 1. The number of rotatable bonds is 7. The lowest BCUT2D eigenvalue weighted by atomic mass is 9.96. The number of carbonyl (C=O) groups excluding carboxylic acids is 1. The molecule has 0 bridgehead atoms. The normalized spacial score (nSPS) is 15.3. The summed E-state index contributed by atoms with van der Waals surface area (Å²) in [7, 11) is 0. The fourth-order valence-corrected chi connectivity index (χ4v) is 4.23. The Hall–Kier alpha value is -1.99. The Balaban J connectivity index is 1.59. The number of hydrogen-bond donors (Lipinski definition) is 1. The number of piperidine rings is 1. The van der Waals surface area contributed by atoms with Crippen molar-refractivity contribution in [2.45, 2.75) is 26.4 Å². The molecule has 3 rings (SSSR count). The summed E-state index contributed by atoms with van der Waals surface area (Å²) in [5, 5.41) is 3.38. The van der Waals surface area contributed by atoms with Crippen LogP contribution in [-0.4, -0.2) is 43.6 Å². The third kappa shape index (κ3) is 5.26. The lowest BCUT2D eigenvalue weighted by Gasteiger charge is -2.31. The molecule has 0 atom stereocenters. The van der Waals surface area contributed by atoms with E-state index in [-0.39, 0.29) is 11.7 Å². The van der Waals surface area contributed by atoms with Crippen LogP contribution in [0.1, 0.15) is 29.4 Å². The van der Waals surface area contributed by atoms with Gasteiger partial charge in [0, 0.05) is 18.0 Å². The molecule has 0 saturated carbocycles. The van der Waals surface area contributed by atoms with Gasteiger partial charge in [0.05, 0.1) is 4.88 Å². The smallest absolute Gasteiger partial charge is 0.387 e. The standard InChI is InChI=1S/C20H24F2N2O2S/c1-2-23-13-14-9-11-24(12-10-14)19(25)18-8-7-17(27-18)15-3-5-16(6-4-15)26-20(21)22/h3-8,14,20,23H,2,9-13H2,1H3. The molecule has 1 fully saturated rings. The third-order valence-corrected chi connectivity index (χ3v) is 5.89. The topological polar surface area (TPSA) is 41.6 Å². The quantitative estimate of drug-likeness (QED) is 0.753. The van der Waals surface area contributed by atoms with Gasteiger partial charge in [0.1, 0.15) is 5.75 Å². The molecule has 0 radical (unpaired) electrons. The van der Waals surface area contributed by atoms with Crippen LogP contribution in [0.2, 0.25) is 0 Å². The molecule has 0 spiro atoms. The summed E-state index contributed by atoms with van der Waals surface area (Å²) in [6.07, 6.45) is 2.06. The van der Waals surface area contributed by atoms with E-state index in [0.29, 0.717) is 10.8 Å². The van der Waals surface area contributed by atoms with Crippen molar-refractivity contribution in [3.05, 3.63) is 41.3 Å². The number of benzene rings is 1. The molecule has 1 saturated heterocycles. The van der Waals surface area contributed by atoms with Crippen molar-refractivity contribution in [2.24, 2.45) is 5.92 Å². The first kappa shape index (κ1) is 19.8. The first-order valence-electron chi connectivity index (χ1n) is 9.22. The second kappa shape index (κ2) is 9.28. The zero-order valence-corrected chi connectivity index (χ0v) is 16.1. The summed E-state index contributed by atoms with van der Waals surface area (Å²) in [5.41, 5.74) is 0.880. The van der Waals surface area contributed by atoms with Crippen LogP contribution in [0.4, 0.5) is 8.78 Å². The fraction of sp³-hybridized carbons (Fsp3) is 0.450. The van der Waals surface area contributed by atoms with Crippen molar-refractivity contribution < 1.29 is 18.3 Å². The van der Waals surface area contributed by atoms with Gasteiger partial charge in [0.2, 0.25) is 0 Å². The van der Waals surface area contributed by atoms with E-state index in [1.807, 2.05) is 17.0 Å². The van der Waals surface area contributed by atoms with Gasteiger partial charge in [-0.25, -0.2) is 0 Å². The van der Waals surface area contributed by atoms with Crippen molar-refractivity contribution in [2.75, 3.05) is 26.2 Å². The predicted octanol–water partition coefficient (Wildman–Crippen LogP) is 4.48. The second-order valence-electron chi connectivity index (χ2n) is 6.61. The van der Waals surface area contributed by atoms with Crippen LogP contribution < -0.4 is 10.1 Å². The highest BCUT2D eigenvalue weighted by Crippen LogP contribution is 2.31. The molecule has 1 aliphatic rings. The predicted molar refractivity (Wildman–Crippen MR) is 104 cm³/mol. The summed E-state index contributed by atoms with van der Waals surface area (Å²) in [4.78, 5) is 16.3. The Morgan fingerprint density at radius 3 is 2.56 bits per heavy atom. The molecule has 1 amide bonds. The largest absolute Gasteiger partial charge is 0.435 e. The van der Waals surface area contributed by atoms with E-state index in [2.05, 4.69) is 17.0 Å². The molecule has 146 valence electrons. The van der Waals surface area contributed by atoms with Crippen LogP contribution in [0.25, 0.3) is 10.4 Å². The highest BCUT2D eigenvalue weighted by atomic mass is 32.1. The molecule has 2 heterocycles. The van der Waals surface area contributed by atoms with Gasteiger partial charge in [-0.05, 0) is 73.8 Å². The van der Waals surface area contributed by atoms with Crippen molar-refractivity contribution >= 4 is 17.2 Å². The minimum Gasteiger partial charge on any atom is -0.435 e. The molecule has 1 aromatic heterocycles. The SMILES string of the molecule is CCNCC1CCN(C(=O)c2ccc(-c3ccc(OC(F)F)cc3)s2)CC1. The molecule has 7 heteroatoms. The molecule has 1 N–H and O–H groups in total. The number of likely N-dealkylation sites (tertiary alicyclic amines) is 1. The Labute approximate surface area is 162 Å². The van der Waals surface area contributed by atoms with Gasteiger partial charge in [-0.15, -0.1) is 11.3 Å². The number of nitrogens with one attached hydrogen (secondary N) is 1. The number of carbonyl (C=O) groups is 1. The summed E-state index contributed by atoms with van der Waals surface area (Å²) >= 11 is 1.43. The van der Waals surface area contributed by atoms with Crippen LogP contribution in [0.3, 0.4) is 0 Å². The minimum absolute atomic E-state index is 0.0748. The molecule has 4 nitrogen and oxygen atoms in total. The maximum Gasteiger partial charge on any atom is 0.387 e. The van der Waals surface area contributed by atoms with E-state index in [1.54, 1.807) is 12.1 Å². The number of nitrogens with zero attached hydrogens (tertiary/aromatic N) is 1. The van der Waals surface area contributed by atoms with Crippen LogP contribution in [0, 0.1) is 5.92 Å². The summed E-state index contributed by atoms with van der Waals surface area (Å²) in [6.45, 7) is 2.86. The number of hydrogen-bond acceptors (Lipinski definition) is 4. The Morgan fingerprint density at radius 2 is 1.93 bits per heavy atom.